The first-order valence-corrected chi connectivity index (χ1v) is 9.34. The summed E-state index contributed by atoms with van der Waals surface area (Å²) in [5.74, 6) is -0.718. The second kappa shape index (κ2) is 7.68. The van der Waals surface area contributed by atoms with E-state index in [1.807, 2.05) is 0 Å². The third-order valence-corrected chi connectivity index (χ3v) is 5.04. The minimum Gasteiger partial charge on any atom is -0.497 e. The number of nitrogens with one attached hydrogen (secondary N) is 2. The Labute approximate surface area is 175 Å². The summed E-state index contributed by atoms with van der Waals surface area (Å²) in [4.78, 5) is 17.4. The smallest absolute Gasteiger partial charge is 0.458 e. The van der Waals surface area contributed by atoms with Crippen LogP contribution in [0.25, 0.3) is 22.2 Å². The van der Waals surface area contributed by atoms with Crippen LogP contribution in [0.5, 0.6) is 17.5 Å². The van der Waals surface area contributed by atoms with Gasteiger partial charge in [-0.2, -0.15) is 0 Å². The van der Waals surface area contributed by atoms with Crippen LogP contribution in [0.2, 0.25) is 5.02 Å². The van der Waals surface area contributed by atoms with Gasteiger partial charge in [-0.3, -0.25) is 0 Å². The first kappa shape index (κ1) is 19.7. The number of hydrogen-bond donors (Lipinski definition) is 2. The molecule has 3 aromatic carbocycles. The number of aromatic carboxylic acids is 1. The summed E-state index contributed by atoms with van der Waals surface area (Å²) in [6.07, 6.45) is 0. The van der Waals surface area contributed by atoms with Gasteiger partial charge in [0.1, 0.15) is 17.3 Å². The molecule has 0 aliphatic heterocycles. The van der Waals surface area contributed by atoms with Crippen molar-refractivity contribution in [2.45, 2.75) is 6.92 Å². The number of aryl methyl sites for hydroxylation is 1. The molecule has 0 fully saturated rings. The first-order chi connectivity index (χ1) is 14.4. The Hall–Kier alpha value is -3.58. The Bertz CT molecular complexity index is 1290. The molecule has 0 atom stereocenters. The van der Waals surface area contributed by atoms with E-state index in [1.54, 1.807) is 43.3 Å². The molecular weight excluding hydrogens is 411 g/mol. The molecule has 152 valence electrons. The highest BCUT2D eigenvalue weighted by atomic mass is 35.5. The van der Waals surface area contributed by atoms with Crippen LogP contribution in [0.3, 0.4) is 0 Å². The number of carboxylic acids is 1. The zero-order chi connectivity index (χ0) is 21.4. The lowest BCUT2D eigenvalue weighted by molar-refractivity contribution is -0.359. The van der Waals surface area contributed by atoms with Crippen molar-refractivity contribution in [3.63, 3.8) is 0 Å². The second-order valence-electron chi connectivity index (χ2n) is 6.69. The van der Waals surface area contributed by atoms with Crippen LogP contribution in [0.1, 0.15) is 15.9 Å². The monoisotopic (exact) mass is 427 g/mol. The van der Waals surface area contributed by atoms with Crippen LogP contribution in [0, 0.1) is 12.7 Å². The number of halogens is 2. The van der Waals surface area contributed by atoms with Crippen LogP contribution in [-0.2, 0) is 0 Å². The van der Waals surface area contributed by atoms with Gasteiger partial charge in [0.2, 0.25) is 0 Å². The van der Waals surface area contributed by atoms with E-state index in [-0.39, 0.29) is 11.6 Å². The average Bonchev–Trinajstić information content (AvgIpc) is 3.09. The van der Waals surface area contributed by atoms with Gasteiger partial charge in [-0.05, 0) is 42.8 Å². The number of benzene rings is 3. The topological polar surface area (TPSA) is 85.7 Å². The van der Waals surface area contributed by atoms with Crippen molar-refractivity contribution >= 4 is 28.6 Å². The molecule has 0 saturated carbocycles. The fourth-order valence-electron chi connectivity index (χ4n) is 3.17. The summed E-state index contributed by atoms with van der Waals surface area (Å²) < 4.78 is 25.3. The number of H-pyrrole nitrogens is 2. The zero-order valence-corrected chi connectivity index (χ0v) is 16.8. The Balaban J connectivity index is 1.70. The summed E-state index contributed by atoms with van der Waals surface area (Å²) >= 11 is 6.39. The number of methoxy groups -OCH3 is 1. The molecule has 30 heavy (non-hydrogen) atoms. The SMILES string of the molecule is COc1ccc(-c2cc3[nH+]c(Oc4ccc(C)c(C(=O)O)c4)[nH]c3cc2Cl)c(F)c1. The van der Waals surface area contributed by atoms with E-state index in [9.17, 15) is 14.3 Å². The second-order valence-corrected chi connectivity index (χ2v) is 7.09. The summed E-state index contributed by atoms with van der Waals surface area (Å²) in [6.45, 7) is 1.71. The molecule has 0 radical (unpaired) electrons. The highest BCUT2D eigenvalue weighted by Crippen LogP contribution is 2.34. The van der Waals surface area contributed by atoms with Gasteiger partial charge in [-0.1, -0.05) is 17.7 Å². The van der Waals surface area contributed by atoms with Crippen LogP contribution < -0.4 is 14.5 Å². The minimum atomic E-state index is -1.03. The number of hydrogen-bond acceptors (Lipinski definition) is 3. The predicted molar refractivity (Wildman–Crippen MR) is 110 cm³/mol. The molecule has 0 aliphatic carbocycles. The molecule has 0 saturated heterocycles. The van der Waals surface area contributed by atoms with E-state index < -0.39 is 11.8 Å². The molecule has 1 heterocycles. The van der Waals surface area contributed by atoms with Crippen LogP contribution in [0.15, 0.2) is 48.5 Å². The highest BCUT2D eigenvalue weighted by Gasteiger charge is 2.18. The number of aromatic nitrogens is 2. The van der Waals surface area contributed by atoms with Gasteiger partial charge in [0.15, 0.2) is 11.0 Å². The number of rotatable bonds is 5. The number of fused-ring (bicyclic) bond motifs is 1. The molecular formula is C22H17ClFN2O4+. The molecule has 8 heteroatoms. The third kappa shape index (κ3) is 3.67. The Morgan fingerprint density at radius 3 is 2.57 bits per heavy atom. The van der Waals surface area contributed by atoms with E-state index in [0.29, 0.717) is 44.2 Å². The predicted octanol–water partition coefficient (Wildman–Crippen LogP) is 5.25. The van der Waals surface area contributed by atoms with Crippen molar-refractivity contribution in [2.24, 2.45) is 0 Å². The summed E-state index contributed by atoms with van der Waals surface area (Å²) in [6, 6.07) is 13.0. The standard InChI is InChI=1S/C22H16ClFN2O4/c1-11-3-4-13(7-15(11)21(27)28)30-22-25-19-9-16(17(23)10-20(19)26-22)14-6-5-12(29-2)8-18(14)24/h3-10H,1-2H3,(H,25,26)(H,27,28)/p+1. The maximum Gasteiger partial charge on any atom is 0.458 e. The number of carboxylic acid groups (broad SMARTS) is 1. The van der Waals surface area contributed by atoms with E-state index in [0.717, 1.165) is 0 Å². The number of aromatic amines is 2. The lowest BCUT2D eigenvalue weighted by atomic mass is 10.0. The van der Waals surface area contributed by atoms with E-state index in [4.69, 9.17) is 21.1 Å². The third-order valence-electron chi connectivity index (χ3n) is 4.73. The van der Waals surface area contributed by atoms with Gasteiger partial charge in [-0.15, -0.1) is 0 Å². The Morgan fingerprint density at radius 2 is 1.87 bits per heavy atom. The van der Waals surface area contributed by atoms with Crippen molar-refractivity contribution in [3.05, 3.63) is 70.5 Å². The van der Waals surface area contributed by atoms with Crippen LogP contribution in [-0.4, -0.2) is 23.2 Å². The van der Waals surface area contributed by atoms with Gasteiger partial charge < -0.3 is 14.6 Å². The fourth-order valence-corrected chi connectivity index (χ4v) is 3.43. The summed E-state index contributed by atoms with van der Waals surface area (Å²) in [5.41, 5.74) is 2.93. The Kier molecular flexibility index (Phi) is 5.05. The zero-order valence-electron chi connectivity index (χ0n) is 16.0. The van der Waals surface area contributed by atoms with Crippen LogP contribution >= 0.6 is 11.6 Å². The van der Waals surface area contributed by atoms with Crippen molar-refractivity contribution in [3.8, 4) is 28.6 Å². The quantitative estimate of drug-likeness (QED) is 0.455. The van der Waals surface area contributed by atoms with E-state index in [1.165, 1.54) is 19.2 Å². The lowest BCUT2D eigenvalue weighted by Crippen LogP contribution is -2.04. The molecule has 1 aromatic heterocycles. The largest absolute Gasteiger partial charge is 0.497 e. The number of ether oxygens (including phenoxy) is 2. The van der Waals surface area contributed by atoms with Crippen LogP contribution in [0.4, 0.5) is 4.39 Å². The van der Waals surface area contributed by atoms with Gasteiger partial charge >= 0.3 is 12.0 Å². The number of imidazole rings is 1. The molecule has 0 aliphatic rings. The van der Waals surface area contributed by atoms with Gasteiger partial charge in [0, 0.05) is 23.3 Å². The molecule has 0 amide bonds. The maximum atomic E-state index is 14.5. The van der Waals surface area contributed by atoms with E-state index in [2.05, 4.69) is 9.97 Å². The Morgan fingerprint density at radius 1 is 1.10 bits per heavy atom. The van der Waals surface area contributed by atoms with Crippen molar-refractivity contribution < 1.29 is 28.7 Å². The van der Waals surface area contributed by atoms with E-state index >= 15 is 0 Å². The van der Waals surface area contributed by atoms with Crippen molar-refractivity contribution in [1.82, 2.24) is 4.98 Å². The lowest BCUT2D eigenvalue weighted by Gasteiger charge is -2.07. The van der Waals surface area contributed by atoms with Crippen molar-refractivity contribution in [1.29, 1.82) is 0 Å². The molecule has 0 unspecified atom stereocenters. The molecule has 3 N–H and O–H groups in total. The highest BCUT2D eigenvalue weighted by molar-refractivity contribution is 6.34. The van der Waals surface area contributed by atoms with Crippen molar-refractivity contribution in [2.75, 3.05) is 7.11 Å². The van der Waals surface area contributed by atoms with Gasteiger partial charge in [0.05, 0.1) is 17.7 Å². The molecule has 0 bridgehead atoms. The molecule has 4 aromatic rings. The van der Waals surface area contributed by atoms with Gasteiger partial charge in [-0.25, -0.2) is 19.2 Å². The molecule has 6 nitrogen and oxygen atoms in total. The minimum absolute atomic E-state index is 0.156. The molecule has 4 rings (SSSR count). The maximum absolute atomic E-state index is 14.5. The molecule has 0 spiro atoms. The fraction of sp³-hybridized carbons (Fsp3) is 0.0909. The van der Waals surface area contributed by atoms with Gasteiger partial charge in [0.25, 0.3) is 0 Å². The number of carbonyl (C=O) groups is 1. The average molecular weight is 428 g/mol. The summed E-state index contributed by atoms with van der Waals surface area (Å²) in [7, 11) is 1.47. The first-order valence-electron chi connectivity index (χ1n) is 8.96. The summed E-state index contributed by atoms with van der Waals surface area (Å²) in [5, 5.41) is 9.63. The normalized spacial score (nSPS) is 10.9.